The number of H-pyrrole nitrogens is 1. The number of aromatic amines is 1. The second-order valence-corrected chi connectivity index (χ2v) is 4.49. The average Bonchev–Trinajstić information content (AvgIpc) is 2.85. The highest BCUT2D eigenvalue weighted by molar-refractivity contribution is 5.99. The second-order valence-electron chi connectivity index (χ2n) is 4.49. The lowest BCUT2D eigenvalue weighted by Crippen LogP contribution is -2.50. The van der Waals surface area contributed by atoms with Gasteiger partial charge in [0.25, 0.3) is 0 Å². The first-order valence-corrected chi connectivity index (χ1v) is 6.12. The highest BCUT2D eigenvalue weighted by Gasteiger charge is 2.29. The van der Waals surface area contributed by atoms with Gasteiger partial charge in [-0.25, -0.2) is 0 Å². The molecular weight excluding hydrogens is 228 g/mol. The summed E-state index contributed by atoms with van der Waals surface area (Å²) in [7, 11) is 0. The summed E-state index contributed by atoms with van der Waals surface area (Å²) in [5, 5.41) is 10.7. The maximum atomic E-state index is 12.1. The number of benzene rings is 1. The predicted octanol–water partition coefficient (Wildman–Crippen LogP) is 2.02. The molecule has 5 nitrogen and oxygen atoms in total. The summed E-state index contributed by atoms with van der Waals surface area (Å²) in [5.41, 5.74) is 6.87. The maximum Gasteiger partial charge on any atom is 0.244 e. The molecule has 0 radical (unpaired) electrons. The van der Waals surface area contributed by atoms with Crippen LogP contribution in [0.2, 0.25) is 0 Å². The molecule has 96 valence electrons. The summed E-state index contributed by atoms with van der Waals surface area (Å²) in [4.78, 5) is 12.1. The number of hydrogen-bond acceptors (Lipinski definition) is 3. The molecule has 1 heterocycles. The van der Waals surface area contributed by atoms with Crippen molar-refractivity contribution in [3.63, 3.8) is 0 Å². The van der Waals surface area contributed by atoms with Crippen molar-refractivity contribution >= 4 is 22.5 Å². The topological polar surface area (TPSA) is 83.8 Å². The maximum absolute atomic E-state index is 12.1. The van der Waals surface area contributed by atoms with E-state index in [9.17, 15) is 4.79 Å². The van der Waals surface area contributed by atoms with Crippen molar-refractivity contribution in [2.75, 3.05) is 5.32 Å². The fourth-order valence-corrected chi connectivity index (χ4v) is 1.84. The van der Waals surface area contributed by atoms with Crippen molar-refractivity contribution in [2.24, 2.45) is 5.73 Å². The molecule has 1 aromatic heterocycles. The van der Waals surface area contributed by atoms with Crippen LogP contribution in [0.3, 0.4) is 0 Å². The number of anilines is 1. The third-order valence-corrected chi connectivity index (χ3v) is 3.41. The van der Waals surface area contributed by atoms with Crippen molar-refractivity contribution < 1.29 is 4.79 Å². The third-order valence-electron chi connectivity index (χ3n) is 3.41. The Bertz CT molecular complexity index is 557. The molecule has 18 heavy (non-hydrogen) atoms. The quantitative estimate of drug-likeness (QED) is 0.771. The van der Waals surface area contributed by atoms with Crippen LogP contribution in [-0.2, 0) is 4.79 Å². The first-order valence-electron chi connectivity index (χ1n) is 6.12. The summed E-state index contributed by atoms with van der Waals surface area (Å²) in [6, 6.07) is 5.61. The molecule has 0 spiro atoms. The van der Waals surface area contributed by atoms with E-state index in [1.54, 1.807) is 6.20 Å². The Hall–Kier alpha value is -1.88. The monoisotopic (exact) mass is 246 g/mol. The van der Waals surface area contributed by atoms with Crippen LogP contribution in [0.1, 0.15) is 26.7 Å². The number of fused-ring (bicyclic) bond motifs is 1. The number of nitrogens with two attached hydrogens (primary N) is 1. The zero-order valence-electron chi connectivity index (χ0n) is 10.7. The molecule has 1 amide bonds. The van der Waals surface area contributed by atoms with Crippen LogP contribution in [0.15, 0.2) is 24.4 Å². The first-order chi connectivity index (χ1) is 8.59. The number of rotatable bonds is 4. The van der Waals surface area contributed by atoms with E-state index >= 15 is 0 Å². The lowest BCUT2D eigenvalue weighted by atomic mass is 9.93. The Morgan fingerprint density at radius 2 is 2.17 bits per heavy atom. The highest BCUT2D eigenvalue weighted by Crippen LogP contribution is 2.19. The molecule has 0 aliphatic heterocycles. The molecule has 0 aliphatic carbocycles. The Balaban J connectivity index is 2.20. The lowest BCUT2D eigenvalue weighted by molar-refractivity contribution is -0.121. The van der Waals surface area contributed by atoms with Gasteiger partial charge in [-0.1, -0.05) is 13.8 Å². The standard InChI is InChI=1S/C13H18N4O/c1-3-13(14,4-2)12(18)16-10-6-5-9-8-15-17-11(9)7-10/h5-8H,3-4,14H2,1-2H3,(H,15,17)(H,16,18). The van der Waals surface area contributed by atoms with Crippen LogP contribution < -0.4 is 11.1 Å². The lowest BCUT2D eigenvalue weighted by Gasteiger charge is -2.25. The van der Waals surface area contributed by atoms with Gasteiger partial charge >= 0.3 is 0 Å². The van der Waals surface area contributed by atoms with Crippen LogP contribution in [0.5, 0.6) is 0 Å². The minimum Gasteiger partial charge on any atom is -0.324 e. The Morgan fingerprint density at radius 3 is 2.83 bits per heavy atom. The summed E-state index contributed by atoms with van der Waals surface area (Å²) >= 11 is 0. The van der Waals surface area contributed by atoms with Crippen LogP contribution in [0.4, 0.5) is 5.69 Å². The molecular formula is C13H18N4O. The minimum absolute atomic E-state index is 0.147. The van der Waals surface area contributed by atoms with E-state index in [1.807, 2.05) is 32.0 Å². The molecule has 1 aromatic carbocycles. The van der Waals surface area contributed by atoms with Crippen molar-refractivity contribution in [1.82, 2.24) is 10.2 Å². The number of carbonyl (C=O) groups excluding carboxylic acids is 1. The van der Waals surface area contributed by atoms with Crippen molar-refractivity contribution in [2.45, 2.75) is 32.2 Å². The van der Waals surface area contributed by atoms with E-state index in [-0.39, 0.29) is 5.91 Å². The summed E-state index contributed by atoms with van der Waals surface area (Å²) in [5.74, 6) is -0.147. The fourth-order valence-electron chi connectivity index (χ4n) is 1.84. The van der Waals surface area contributed by atoms with Gasteiger partial charge in [-0.3, -0.25) is 9.89 Å². The van der Waals surface area contributed by atoms with Gasteiger partial charge < -0.3 is 11.1 Å². The van der Waals surface area contributed by atoms with Crippen molar-refractivity contribution in [3.05, 3.63) is 24.4 Å². The van der Waals surface area contributed by atoms with Crippen LogP contribution in [0, 0.1) is 0 Å². The number of aromatic nitrogens is 2. The molecule has 4 N–H and O–H groups in total. The predicted molar refractivity (Wildman–Crippen MR) is 72.2 cm³/mol. The smallest absolute Gasteiger partial charge is 0.244 e. The normalized spacial score (nSPS) is 11.7. The number of nitrogens with one attached hydrogen (secondary N) is 2. The van der Waals surface area contributed by atoms with Gasteiger partial charge in [0.05, 0.1) is 17.3 Å². The number of amides is 1. The number of hydrogen-bond donors (Lipinski definition) is 3. The van der Waals surface area contributed by atoms with Gasteiger partial charge in [0.2, 0.25) is 5.91 Å². The van der Waals surface area contributed by atoms with Gasteiger partial charge in [-0.2, -0.15) is 5.10 Å². The summed E-state index contributed by atoms with van der Waals surface area (Å²) in [6.45, 7) is 3.84. The van der Waals surface area contributed by atoms with Crippen molar-refractivity contribution in [1.29, 1.82) is 0 Å². The largest absolute Gasteiger partial charge is 0.324 e. The number of nitrogens with zero attached hydrogens (tertiary/aromatic N) is 1. The highest BCUT2D eigenvalue weighted by atomic mass is 16.2. The second kappa shape index (κ2) is 4.78. The molecule has 2 aromatic rings. The van der Waals surface area contributed by atoms with Crippen LogP contribution in [0.25, 0.3) is 10.9 Å². The zero-order chi connectivity index (χ0) is 13.2. The summed E-state index contributed by atoms with van der Waals surface area (Å²) in [6.07, 6.45) is 2.97. The van der Waals surface area contributed by atoms with E-state index in [1.165, 1.54) is 0 Å². The zero-order valence-corrected chi connectivity index (χ0v) is 10.7. The van der Waals surface area contributed by atoms with Gasteiger partial charge in [0, 0.05) is 11.1 Å². The Morgan fingerprint density at radius 1 is 1.44 bits per heavy atom. The molecule has 0 fully saturated rings. The Labute approximate surface area is 106 Å². The van der Waals surface area contributed by atoms with Gasteiger partial charge in [0.15, 0.2) is 0 Å². The number of carbonyl (C=O) groups is 1. The van der Waals surface area contributed by atoms with E-state index in [0.717, 1.165) is 16.6 Å². The molecule has 2 rings (SSSR count). The van der Waals surface area contributed by atoms with Crippen molar-refractivity contribution in [3.8, 4) is 0 Å². The fraction of sp³-hybridized carbons (Fsp3) is 0.385. The van der Waals surface area contributed by atoms with Gasteiger partial charge in [-0.15, -0.1) is 0 Å². The van der Waals surface area contributed by atoms with E-state index < -0.39 is 5.54 Å². The van der Waals surface area contributed by atoms with Crippen LogP contribution in [-0.4, -0.2) is 21.6 Å². The molecule has 0 saturated heterocycles. The molecule has 0 saturated carbocycles. The van der Waals surface area contributed by atoms with Crippen LogP contribution >= 0.6 is 0 Å². The first kappa shape index (κ1) is 12.6. The molecule has 0 bridgehead atoms. The molecule has 0 unspecified atom stereocenters. The Kier molecular flexibility index (Phi) is 3.34. The minimum atomic E-state index is -0.803. The molecule has 0 aliphatic rings. The summed E-state index contributed by atoms with van der Waals surface area (Å²) < 4.78 is 0. The van der Waals surface area contributed by atoms with E-state index in [2.05, 4.69) is 15.5 Å². The van der Waals surface area contributed by atoms with Gasteiger partial charge in [0.1, 0.15) is 0 Å². The SMILES string of the molecule is CCC(N)(CC)C(=O)Nc1ccc2cn[nH]c2c1. The van der Waals surface area contributed by atoms with E-state index in [0.29, 0.717) is 12.8 Å². The molecule has 0 atom stereocenters. The molecule has 5 heteroatoms. The van der Waals surface area contributed by atoms with E-state index in [4.69, 9.17) is 5.73 Å². The average molecular weight is 246 g/mol. The van der Waals surface area contributed by atoms with Gasteiger partial charge in [-0.05, 0) is 31.0 Å². The third kappa shape index (κ3) is 2.22.